The van der Waals surface area contributed by atoms with Gasteiger partial charge in [0.2, 0.25) is 5.84 Å². The number of halogens is 3. The van der Waals surface area contributed by atoms with E-state index in [1.165, 1.54) is 6.07 Å². The lowest BCUT2D eigenvalue weighted by Gasteiger charge is -2.06. The molecule has 0 amide bonds. The molecular weight excluding hydrogens is 273 g/mol. The molecular formula is C8H9F3N4O2S. The van der Waals surface area contributed by atoms with Gasteiger partial charge in [-0.25, -0.2) is 13.4 Å². The van der Waals surface area contributed by atoms with Crippen molar-refractivity contribution in [2.45, 2.75) is 11.2 Å². The monoisotopic (exact) mass is 282 g/mol. The third kappa shape index (κ3) is 3.87. The molecule has 6 nitrogen and oxygen atoms in total. The maximum atomic E-state index is 12.0. The first-order chi connectivity index (χ1) is 8.10. The van der Waals surface area contributed by atoms with E-state index in [9.17, 15) is 21.6 Å². The number of nitrogens with two attached hydrogens (primary N) is 1. The Morgan fingerprint density at radius 3 is 2.44 bits per heavy atom. The number of sulfone groups is 1. The minimum atomic E-state index is -4.73. The SMILES string of the molecule is CS(=O)(=O)c1ccc(N/N=C(\N)C(F)(F)F)cn1. The minimum absolute atomic E-state index is 0.0783. The number of hydrogen-bond acceptors (Lipinski definition) is 5. The van der Waals surface area contributed by atoms with E-state index in [-0.39, 0.29) is 10.7 Å². The molecule has 1 aromatic heterocycles. The summed E-state index contributed by atoms with van der Waals surface area (Å²) in [5, 5.41) is 2.69. The highest BCUT2D eigenvalue weighted by atomic mass is 32.2. The van der Waals surface area contributed by atoms with Crippen LogP contribution in [0.15, 0.2) is 28.5 Å². The molecule has 0 bridgehead atoms. The maximum Gasteiger partial charge on any atom is 0.450 e. The molecule has 1 aromatic rings. The highest BCUT2D eigenvalue weighted by molar-refractivity contribution is 7.90. The molecule has 1 heterocycles. The Morgan fingerprint density at radius 1 is 1.44 bits per heavy atom. The number of nitrogens with one attached hydrogen (secondary N) is 1. The van der Waals surface area contributed by atoms with Crippen LogP contribution in [0.2, 0.25) is 0 Å². The number of amidine groups is 1. The number of aromatic nitrogens is 1. The van der Waals surface area contributed by atoms with Gasteiger partial charge in [-0.1, -0.05) is 0 Å². The summed E-state index contributed by atoms with van der Waals surface area (Å²) in [5.74, 6) is -1.55. The van der Waals surface area contributed by atoms with Gasteiger partial charge in [-0.05, 0) is 12.1 Å². The van der Waals surface area contributed by atoms with E-state index < -0.39 is 21.8 Å². The summed E-state index contributed by atoms with van der Waals surface area (Å²) in [7, 11) is -3.45. The molecule has 0 aliphatic heterocycles. The second-order valence-electron chi connectivity index (χ2n) is 3.26. The Bertz CT molecular complexity index is 551. The highest BCUT2D eigenvalue weighted by Gasteiger charge is 2.33. The molecule has 0 unspecified atom stereocenters. The van der Waals surface area contributed by atoms with Gasteiger partial charge in [-0.2, -0.15) is 18.3 Å². The normalized spacial score (nSPS) is 13.4. The van der Waals surface area contributed by atoms with Crippen molar-refractivity contribution < 1.29 is 21.6 Å². The molecule has 0 saturated carbocycles. The van der Waals surface area contributed by atoms with Gasteiger partial charge in [0.1, 0.15) is 0 Å². The zero-order valence-electron chi connectivity index (χ0n) is 9.06. The molecule has 0 aromatic carbocycles. The Kier molecular flexibility index (Phi) is 3.79. The standard InChI is InChI=1S/C8H9F3N4O2S/c1-18(16,17)6-3-2-5(4-13-6)14-15-7(12)8(9,10)11/h2-4,14H,1H3,(H2,12,15). The summed E-state index contributed by atoms with van der Waals surface area (Å²) < 4.78 is 58.1. The minimum Gasteiger partial charge on any atom is -0.378 e. The zero-order chi connectivity index (χ0) is 14.0. The second kappa shape index (κ2) is 4.80. The van der Waals surface area contributed by atoms with Crippen LogP contribution in [0.1, 0.15) is 0 Å². The summed E-state index contributed by atoms with van der Waals surface area (Å²) >= 11 is 0. The van der Waals surface area contributed by atoms with Gasteiger partial charge in [0.05, 0.1) is 11.9 Å². The van der Waals surface area contributed by atoms with E-state index in [1.807, 2.05) is 5.43 Å². The van der Waals surface area contributed by atoms with Crippen LogP contribution in [0.25, 0.3) is 0 Å². The molecule has 0 aliphatic rings. The van der Waals surface area contributed by atoms with E-state index >= 15 is 0 Å². The lowest BCUT2D eigenvalue weighted by Crippen LogP contribution is -2.32. The number of hydrogen-bond donors (Lipinski definition) is 2. The molecule has 0 spiro atoms. The van der Waals surface area contributed by atoms with E-state index in [1.54, 1.807) is 0 Å². The topological polar surface area (TPSA) is 97.4 Å². The average Bonchev–Trinajstić information content (AvgIpc) is 2.24. The predicted molar refractivity (Wildman–Crippen MR) is 58.6 cm³/mol. The summed E-state index contributed by atoms with van der Waals surface area (Å²) in [6.07, 6.45) is -2.74. The van der Waals surface area contributed by atoms with Crippen molar-refractivity contribution in [3.05, 3.63) is 18.3 Å². The largest absolute Gasteiger partial charge is 0.450 e. The number of alkyl halides is 3. The molecule has 18 heavy (non-hydrogen) atoms. The van der Waals surface area contributed by atoms with Crippen LogP contribution in [-0.4, -0.2) is 31.7 Å². The first kappa shape index (κ1) is 14.2. The number of anilines is 1. The van der Waals surface area contributed by atoms with Crippen molar-refractivity contribution in [2.75, 3.05) is 11.7 Å². The fraction of sp³-hybridized carbons (Fsp3) is 0.250. The molecule has 0 aliphatic carbocycles. The molecule has 0 atom stereocenters. The van der Waals surface area contributed by atoms with Crippen LogP contribution in [-0.2, 0) is 9.84 Å². The van der Waals surface area contributed by atoms with E-state index in [2.05, 4.69) is 15.8 Å². The molecule has 0 fully saturated rings. The quantitative estimate of drug-likeness (QED) is 0.484. The van der Waals surface area contributed by atoms with Crippen molar-refractivity contribution in [2.24, 2.45) is 10.8 Å². The fourth-order valence-electron chi connectivity index (χ4n) is 0.854. The van der Waals surface area contributed by atoms with Gasteiger partial charge in [-0.3, -0.25) is 5.43 Å². The van der Waals surface area contributed by atoms with Gasteiger partial charge in [-0.15, -0.1) is 0 Å². The fourth-order valence-corrected chi connectivity index (χ4v) is 1.41. The van der Waals surface area contributed by atoms with E-state index in [4.69, 9.17) is 0 Å². The molecule has 100 valence electrons. The summed E-state index contributed by atoms with van der Waals surface area (Å²) in [5.41, 5.74) is 6.74. The highest BCUT2D eigenvalue weighted by Crippen LogP contribution is 2.15. The zero-order valence-corrected chi connectivity index (χ0v) is 9.88. The average molecular weight is 282 g/mol. The smallest absolute Gasteiger partial charge is 0.378 e. The summed E-state index contributed by atoms with van der Waals surface area (Å²) in [6.45, 7) is 0. The molecule has 0 saturated heterocycles. The van der Waals surface area contributed by atoms with Crippen molar-refractivity contribution in [1.82, 2.24) is 4.98 Å². The Labute approximate surface area is 101 Å². The lowest BCUT2D eigenvalue weighted by molar-refractivity contribution is -0.0599. The van der Waals surface area contributed by atoms with Crippen molar-refractivity contribution in [1.29, 1.82) is 0 Å². The van der Waals surface area contributed by atoms with E-state index in [0.29, 0.717) is 0 Å². The molecule has 10 heteroatoms. The summed E-state index contributed by atoms with van der Waals surface area (Å²) in [6, 6.07) is 2.35. The van der Waals surface area contributed by atoms with Crippen LogP contribution in [0.3, 0.4) is 0 Å². The van der Waals surface area contributed by atoms with E-state index in [0.717, 1.165) is 18.5 Å². The number of nitrogens with zero attached hydrogens (tertiary/aromatic N) is 2. The Morgan fingerprint density at radius 2 is 2.06 bits per heavy atom. The molecule has 3 N–H and O–H groups in total. The second-order valence-corrected chi connectivity index (χ2v) is 5.23. The Hall–Kier alpha value is -1.84. The molecule has 1 rings (SSSR count). The number of rotatable bonds is 3. The number of hydrazone groups is 1. The van der Waals surface area contributed by atoms with Gasteiger partial charge in [0.15, 0.2) is 14.9 Å². The third-order valence-electron chi connectivity index (χ3n) is 1.71. The first-order valence-corrected chi connectivity index (χ1v) is 6.32. The lowest BCUT2D eigenvalue weighted by atomic mass is 10.4. The van der Waals surface area contributed by atoms with Crippen molar-refractivity contribution in [3.63, 3.8) is 0 Å². The van der Waals surface area contributed by atoms with Crippen LogP contribution in [0, 0.1) is 0 Å². The number of pyridine rings is 1. The third-order valence-corrected chi connectivity index (χ3v) is 2.71. The van der Waals surface area contributed by atoms with Gasteiger partial charge in [0, 0.05) is 6.26 Å². The Balaban J connectivity index is 2.83. The first-order valence-electron chi connectivity index (χ1n) is 4.43. The van der Waals surface area contributed by atoms with Gasteiger partial charge < -0.3 is 5.73 Å². The van der Waals surface area contributed by atoms with Crippen LogP contribution >= 0.6 is 0 Å². The van der Waals surface area contributed by atoms with Crippen molar-refractivity contribution in [3.8, 4) is 0 Å². The van der Waals surface area contributed by atoms with Gasteiger partial charge >= 0.3 is 6.18 Å². The van der Waals surface area contributed by atoms with Gasteiger partial charge in [0.25, 0.3) is 0 Å². The van der Waals surface area contributed by atoms with Crippen LogP contribution < -0.4 is 11.2 Å². The molecule has 0 radical (unpaired) electrons. The maximum absolute atomic E-state index is 12.0. The van der Waals surface area contributed by atoms with Crippen LogP contribution in [0.5, 0.6) is 0 Å². The van der Waals surface area contributed by atoms with Crippen molar-refractivity contribution >= 4 is 21.4 Å². The predicted octanol–water partition coefficient (Wildman–Crippen LogP) is 0.732. The van der Waals surface area contributed by atoms with Crippen LogP contribution in [0.4, 0.5) is 18.9 Å². The summed E-state index contributed by atoms with van der Waals surface area (Å²) in [4.78, 5) is 3.55.